The van der Waals surface area contributed by atoms with Crippen molar-refractivity contribution in [2.45, 2.75) is 26.0 Å². The van der Waals surface area contributed by atoms with Gasteiger partial charge in [-0.3, -0.25) is 0 Å². The lowest BCUT2D eigenvalue weighted by molar-refractivity contribution is 0.125. The maximum absolute atomic E-state index is 6.07. The van der Waals surface area contributed by atoms with Gasteiger partial charge < -0.3 is 14.0 Å². The van der Waals surface area contributed by atoms with Crippen molar-refractivity contribution in [1.82, 2.24) is 4.57 Å². The normalized spacial score (nSPS) is 11.0. The second kappa shape index (κ2) is 9.94. The number of benzene rings is 3. The molecule has 0 saturated heterocycles. The van der Waals surface area contributed by atoms with Crippen molar-refractivity contribution in [3.63, 3.8) is 0 Å². The molecule has 1 heterocycles. The van der Waals surface area contributed by atoms with Crippen LogP contribution in [0.3, 0.4) is 0 Å². The minimum Gasteiger partial charge on any atom is -0.488 e. The summed E-state index contributed by atoms with van der Waals surface area (Å²) in [6.45, 7) is 2.93. The van der Waals surface area contributed by atoms with E-state index >= 15 is 0 Å². The molecular weight excluding hydrogens is 358 g/mol. The van der Waals surface area contributed by atoms with Gasteiger partial charge in [-0.2, -0.15) is 0 Å². The first-order valence-corrected chi connectivity index (χ1v) is 10.3. The summed E-state index contributed by atoms with van der Waals surface area (Å²) in [7, 11) is 0. The Hall–Kier alpha value is -3.04. The van der Waals surface area contributed by atoms with E-state index in [1.807, 2.05) is 24.3 Å². The van der Waals surface area contributed by atoms with Gasteiger partial charge in [-0.25, -0.2) is 0 Å². The molecule has 0 fully saturated rings. The van der Waals surface area contributed by atoms with E-state index in [1.165, 1.54) is 16.6 Å². The molecule has 0 atom stereocenters. The minimum atomic E-state index is 0.579. The number of rotatable bonds is 10. The van der Waals surface area contributed by atoms with Crippen molar-refractivity contribution >= 4 is 10.9 Å². The number of hydrogen-bond donors (Lipinski definition) is 0. The first-order chi connectivity index (χ1) is 14.4. The third-order valence-corrected chi connectivity index (χ3v) is 5.08. The number of ether oxygens (including phenoxy) is 2. The molecule has 3 aromatic carbocycles. The fourth-order valence-electron chi connectivity index (χ4n) is 3.54. The van der Waals surface area contributed by atoms with Gasteiger partial charge in [0, 0.05) is 24.7 Å². The van der Waals surface area contributed by atoms with Gasteiger partial charge in [0.1, 0.15) is 12.4 Å². The van der Waals surface area contributed by atoms with Crippen LogP contribution in [-0.4, -0.2) is 17.8 Å². The number of fused-ring (bicyclic) bond motifs is 1. The standard InChI is InChI=1S/C26H27NO2/c1-3-9-22(10-4-1)13-8-19-28-20-18-27-17-16-24-25(27)14-7-15-26(24)29-21-23-11-5-2-6-12-23/h1-7,9-12,14-17H,8,13,18-21H2. The number of aromatic nitrogens is 1. The molecule has 0 N–H and O–H groups in total. The van der Waals surface area contributed by atoms with E-state index in [0.717, 1.165) is 37.1 Å². The fraction of sp³-hybridized carbons (Fsp3) is 0.231. The highest BCUT2D eigenvalue weighted by atomic mass is 16.5. The van der Waals surface area contributed by atoms with Crippen LogP contribution in [0.4, 0.5) is 0 Å². The van der Waals surface area contributed by atoms with Gasteiger partial charge in [-0.05, 0) is 42.2 Å². The number of nitrogens with zero attached hydrogens (tertiary/aromatic N) is 1. The molecule has 0 bridgehead atoms. The molecule has 1 aromatic heterocycles. The van der Waals surface area contributed by atoms with Crippen molar-refractivity contribution in [3.05, 3.63) is 102 Å². The largest absolute Gasteiger partial charge is 0.488 e. The van der Waals surface area contributed by atoms with Gasteiger partial charge >= 0.3 is 0 Å². The van der Waals surface area contributed by atoms with Crippen molar-refractivity contribution in [3.8, 4) is 5.75 Å². The average Bonchev–Trinajstić information content (AvgIpc) is 3.20. The van der Waals surface area contributed by atoms with Crippen LogP contribution in [0.5, 0.6) is 5.75 Å². The minimum absolute atomic E-state index is 0.579. The van der Waals surface area contributed by atoms with E-state index in [1.54, 1.807) is 0 Å². The maximum Gasteiger partial charge on any atom is 0.129 e. The first kappa shape index (κ1) is 19.3. The molecule has 29 heavy (non-hydrogen) atoms. The van der Waals surface area contributed by atoms with E-state index in [9.17, 15) is 0 Å². The Balaban J connectivity index is 1.27. The van der Waals surface area contributed by atoms with Crippen molar-refractivity contribution in [1.29, 1.82) is 0 Å². The zero-order chi connectivity index (χ0) is 19.7. The zero-order valence-corrected chi connectivity index (χ0v) is 16.7. The monoisotopic (exact) mass is 385 g/mol. The molecule has 3 nitrogen and oxygen atoms in total. The van der Waals surface area contributed by atoms with Crippen LogP contribution in [-0.2, 0) is 24.3 Å². The summed E-state index contributed by atoms with van der Waals surface area (Å²) in [6.07, 6.45) is 4.23. The number of aryl methyl sites for hydroxylation is 1. The predicted molar refractivity (Wildman–Crippen MR) is 118 cm³/mol. The molecule has 148 valence electrons. The van der Waals surface area contributed by atoms with Gasteiger partial charge in [0.25, 0.3) is 0 Å². The van der Waals surface area contributed by atoms with E-state index in [0.29, 0.717) is 13.2 Å². The second-order valence-electron chi connectivity index (χ2n) is 7.17. The fourth-order valence-corrected chi connectivity index (χ4v) is 3.54. The van der Waals surface area contributed by atoms with Gasteiger partial charge in [-0.15, -0.1) is 0 Å². The topological polar surface area (TPSA) is 23.4 Å². The highest BCUT2D eigenvalue weighted by Crippen LogP contribution is 2.27. The highest BCUT2D eigenvalue weighted by Gasteiger charge is 2.07. The molecule has 0 amide bonds. The lowest BCUT2D eigenvalue weighted by atomic mass is 10.1. The molecular formula is C26H27NO2. The first-order valence-electron chi connectivity index (χ1n) is 10.3. The van der Waals surface area contributed by atoms with Crippen LogP contribution in [0.1, 0.15) is 17.5 Å². The Morgan fingerprint density at radius 3 is 2.24 bits per heavy atom. The Morgan fingerprint density at radius 2 is 1.45 bits per heavy atom. The Kier molecular flexibility index (Phi) is 6.61. The molecule has 0 aliphatic rings. The third-order valence-electron chi connectivity index (χ3n) is 5.08. The third kappa shape index (κ3) is 5.27. The van der Waals surface area contributed by atoms with E-state index in [-0.39, 0.29) is 0 Å². The molecule has 0 saturated carbocycles. The van der Waals surface area contributed by atoms with E-state index in [4.69, 9.17) is 9.47 Å². The molecule has 4 aromatic rings. The molecule has 0 aliphatic heterocycles. The van der Waals surface area contributed by atoms with Crippen LogP contribution in [0.25, 0.3) is 10.9 Å². The second-order valence-corrected chi connectivity index (χ2v) is 7.17. The summed E-state index contributed by atoms with van der Waals surface area (Å²) >= 11 is 0. The molecule has 0 unspecified atom stereocenters. The number of hydrogen-bond acceptors (Lipinski definition) is 2. The molecule has 4 rings (SSSR count). The van der Waals surface area contributed by atoms with Crippen molar-refractivity contribution in [2.24, 2.45) is 0 Å². The highest BCUT2D eigenvalue weighted by molar-refractivity contribution is 5.86. The van der Waals surface area contributed by atoms with Crippen LogP contribution in [0.15, 0.2) is 91.1 Å². The van der Waals surface area contributed by atoms with Crippen LogP contribution < -0.4 is 4.74 Å². The van der Waals surface area contributed by atoms with E-state index < -0.39 is 0 Å². The summed E-state index contributed by atoms with van der Waals surface area (Å²) in [6, 6.07) is 29.2. The average molecular weight is 386 g/mol. The Bertz CT molecular complexity index is 1010. The summed E-state index contributed by atoms with van der Waals surface area (Å²) in [4.78, 5) is 0. The lowest BCUT2D eigenvalue weighted by Crippen LogP contribution is -2.06. The smallest absolute Gasteiger partial charge is 0.129 e. The van der Waals surface area contributed by atoms with Crippen LogP contribution in [0.2, 0.25) is 0 Å². The summed E-state index contributed by atoms with van der Waals surface area (Å²) in [5.41, 5.74) is 3.73. The summed E-state index contributed by atoms with van der Waals surface area (Å²) in [5.74, 6) is 0.925. The maximum atomic E-state index is 6.07. The van der Waals surface area contributed by atoms with Gasteiger partial charge in [0.15, 0.2) is 0 Å². The van der Waals surface area contributed by atoms with Gasteiger partial charge in [0.2, 0.25) is 0 Å². The quantitative estimate of drug-likeness (QED) is 0.319. The molecule has 0 aliphatic carbocycles. The van der Waals surface area contributed by atoms with Crippen molar-refractivity contribution < 1.29 is 9.47 Å². The Labute approximate surface area is 172 Å². The lowest BCUT2D eigenvalue weighted by Gasteiger charge is -2.10. The SMILES string of the molecule is c1ccc(CCCOCCn2ccc3c(OCc4ccccc4)cccc32)cc1. The van der Waals surface area contributed by atoms with Crippen LogP contribution >= 0.6 is 0 Å². The molecule has 0 radical (unpaired) electrons. The predicted octanol–water partition coefficient (Wildman–Crippen LogP) is 5.87. The zero-order valence-electron chi connectivity index (χ0n) is 16.7. The molecule has 0 spiro atoms. The summed E-state index contributed by atoms with van der Waals surface area (Å²) < 4.78 is 14.2. The summed E-state index contributed by atoms with van der Waals surface area (Å²) in [5, 5.41) is 1.15. The van der Waals surface area contributed by atoms with Gasteiger partial charge in [0.05, 0.1) is 12.1 Å². The van der Waals surface area contributed by atoms with E-state index in [2.05, 4.69) is 71.4 Å². The molecule has 3 heteroatoms. The van der Waals surface area contributed by atoms with Gasteiger partial charge in [-0.1, -0.05) is 66.7 Å². The Morgan fingerprint density at radius 1 is 0.690 bits per heavy atom. The van der Waals surface area contributed by atoms with Crippen molar-refractivity contribution in [2.75, 3.05) is 13.2 Å². The van der Waals surface area contributed by atoms with Crippen LogP contribution in [0, 0.1) is 0 Å².